The van der Waals surface area contributed by atoms with Gasteiger partial charge in [-0.3, -0.25) is 0 Å². The second-order valence-electron chi connectivity index (χ2n) is 1.52. The lowest BCUT2D eigenvalue weighted by Gasteiger charge is -1.78. The van der Waals surface area contributed by atoms with Crippen molar-refractivity contribution in [1.29, 1.82) is 0 Å². The van der Waals surface area contributed by atoms with E-state index in [1.165, 1.54) is 17.6 Å². The molecule has 0 N–H and O–H groups in total. The topological polar surface area (TPSA) is 42.3 Å². The van der Waals surface area contributed by atoms with Crippen molar-refractivity contribution >= 4 is 23.4 Å². The molecule has 3 nitrogen and oxygen atoms in total. The molecule has 9 heavy (non-hydrogen) atoms. The number of aliphatic imine (C=N–C) groups is 1. The maximum absolute atomic E-state index is 9.70. The zero-order chi connectivity index (χ0) is 6.69. The Morgan fingerprint density at radius 3 is 3.11 bits per heavy atom. The summed E-state index contributed by atoms with van der Waals surface area (Å²) in [5.74, 6) is 0.481. The number of rotatable bonds is 1. The fraction of sp³-hybridized carbons (Fsp3) is 0.200. The number of aryl methyl sites for hydroxylation is 1. The van der Waals surface area contributed by atoms with E-state index in [4.69, 9.17) is 0 Å². The van der Waals surface area contributed by atoms with Gasteiger partial charge < -0.3 is 0 Å². The molecule has 0 fully saturated rings. The van der Waals surface area contributed by atoms with Gasteiger partial charge in [-0.05, 0) is 18.5 Å². The van der Waals surface area contributed by atoms with Crippen molar-refractivity contribution in [3.8, 4) is 0 Å². The number of nitrogens with zero attached hydrogens (tertiary/aromatic N) is 2. The first kappa shape index (κ1) is 6.13. The Labute approximate surface area is 56.2 Å². The lowest BCUT2D eigenvalue weighted by atomic mass is 10.4. The second-order valence-corrected chi connectivity index (χ2v) is 2.15. The highest BCUT2D eigenvalue weighted by molar-refractivity contribution is 7.04. The van der Waals surface area contributed by atoms with Gasteiger partial charge in [-0.2, -0.15) is 4.37 Å². The van der Waals surface area contributed by atoms with Crippen LogP contribution in [0.2, 0.25) is 0 Å². The minimum absolute atomic E-state index is 0.481. The molecule has 1 aromatic rings. The van der Waals surface area contributed by atoms with Gasteiger partial charge in [0, 0.05) is 10.9 Å². The van der Waals surface area contributed by atoms with E-state index in [2.05, 4.69) is 9.37 Å². The third-order valence-electron chi connectivity index (χ3n) is 0.873. The van der Waals surface area contributed by atoms with Crippen LogP contribution in [0.3, 0.4) is 0 Å². The first-order valence-corrected chi connectivity index (χ1v) is 3.17. The Kier molecular flexibility index (Phi) is 1.72. The molecule has 1 rings (SSSR count). The van der Waals surface area contributed by atoms with Crippen LogP contribution in [0.15, 0.2) is 10.4 Å². The summed E-state index contributed by atoms with van der Waals surface area (Å²) in [6, 6.07) is 0. The van der Waals surface area contributed by atoms with Gasteiger partial charge in [0.15, 0.2) is 5.82 Å². The molecule has 0 aliphatic heterocycles. The van der Waals surface area contributed by atoms with Crippen molar-refractivity contribution in [1.82, 2.24) is 4.37 Å². The zero-order valence-corrected chi connectivity index (χ0v) is 5.60. The quantitative estimate of drug-likeness (QED) is 0.437. The Bertz CT molecular complexity index is 249. The molecule has 4 heteroatoms. The minimum Gasteiger partial charge on any atom is -0.211 e. The number of isocyanates is 1. The second kappa shape index (κ2) is 2.53. The maximum Gasteiger partial charge on any atom is 0.242 e. The molecule has 0 bridgehead atoms. The van der Waals surface area contributed by atoms with Crippen LogP contribution in [0, 0.1) is 6.92 Å². The van der Waals surface area contributed by atoms with Crippen LogP contribution < -0.4 is 0 Å². The molecule has 0 aliphatic carbocycles. The van der Waals surface area contributed by atoms with Gasteiger partial charge in [0.2, 0.25) is 6.08 Å². The Hall–Kier alpha value is -0.990. The first-order chi connectivity index (χ1) is 4.34. The van der Waals surface area contributed by atoms with Gasteiger partial charge >= 0.3 is 0 Å². The highest BCUT2D eigenvalue weighted by Gasteiger charge is 1.95. The van der Waals surface area contributed by atoms with Crippen molar-refractivity contribution in [3.63, 3.8) is 0 Å². The van der Waals surface area contributed by atoms with Crippen molar-refractivity contribution in [3.05, 3.63) is 10.9 Å². The minimum atomic E-state index is 0.481. The molecular weight excluding hydrogens is 136 g/mol. The van der Waals surface area contributed by atoms with E-state index in [-0.39, 0.29) is 0 Å². The molecule has 46 valence electrons. The van der Waals surface area contributed by atoms with E-state index >= 15 is 0 Å². The normalized spacial score (nSPS) is 8.56. The molecule has 0 saturated carbocycles. The Morgan fingerprint density at radius 1 is 1.89 bits per heavy atom. The van der Waals surface area contributed by atoms with Crippen LogP contribution >= 0.6 is 11.5 Å². The Balaban J connectivity index is 3.07. The van der Waals surface area contributed by atoms with E-state index in [0.29, 0.717) is 5.82 Å². The van der Waals surface area contributed by atoms with E-state index in [9.17, 15) is 4.79 Å². The lowest BCUT2D eigenvalue weighted by Crippen LogP contribution is -1.63. The molecule has 0 aromatic carbocycles. The average Bonchev–Trinajstić information content (AvgIpc) is 2.18. The van der Waals surface area contributed by atoms with Gasteiger partial charge in [0.25, 0.3) is 0 Å². The smallest absolute Gasteiger partial charge is 0.211 e. The van der Waals surface area contributed by atoms with Gasteiger partial charge in [-0.15, -0.1) is 4.99 Å². The molecule has 1 heterocycles. The van der Waals surface area contributed by atoms with Gasteiger partial charge in [0.1, 0.15) is 0 Å². The van der Waals surface area contributed by atoms with Crippen molar-refractivity contribution in [2.24, 2.45) is 4.99 Å². The summed E-state index contributed by atoms with van der Waals surface area (Å²) < 4.78 is 3.82. The molecular formula is C5H4N2OS. The van der Waals surface area contributed by atoms with Crippen LogP contribution in [0.25, 0.3) is 0 Å². The molecule has 0 spiro atoms. The predicted octanol–water partition coefficient (Wildman–Crippen LogP) is 1.42. The monoisotopic (exact) mass is 140 g/mol. The maximum atomic E-state index is 9.70. The predicted molar refractivity (Wildman–Crippen MR) is 34.6 cm³/mol. The summed E-state index contributed by atoms with van der Waals surface area (Å²) >= 11 is 1.28. The highest BCUT2D eigenvalue weighted by atomic mass is 32.1. The largest absolute Gasteiger partial charge is 0.242 e. The van der Waals surface area contributed by atoms with Crippen LogP contribution in [0.4, 0.5) is 5.82 Å². The number of carbonyl (C=O) groups excluding carboxylic acids is 1. The van der Waals surface area contributed by atoms with Crippen molar-refractivity contribution in [2.75, 3.05) is 0 Å². The molecule has 0 atom stereocenters. The molecule has 0 radical (unpaired) electrons. The summed E-state index contributed by atoms with van der Waals surface area (Å²) in [5.41, 5.74) is 0.920. The van der Waals surface area contributed by atoms with Crippen molar-refractivity contribution in [2.45, 2.75) is 6.92 Å². The number of aromatic nitrogens is 1. The zero-order valence-electron chi connectivity index (χ0n) is 4.79. The van der Waals surface area contributed by atoms with E-state index in [1.807, 2.05) is 12.3 Å². The molecule has 0 amide bonds. The van der Waals surface area contributed by atoms with E-state index in [0.717, 1.165) is 5.56 Å². The van der Waals surface area contributed by atoms with Crippen molar-refractivity contribution < 1.29 is 4.79 Å². The van der Waals surface area contributed by atoms with Gasteiger partial charge in [0.05, 0.1) is 0 Å². The summed E-state index contributed by atoms with van der Waals surface area (Å²) in [4.78, 5) is 13.1. The molecule has 1 aromatic heterocycles. The summed E-state index contributed by atoms with van der Waals surface area (Å²) in [5, 5.41) is 1.83. The average molecular weight is 140 g/mol. The SMILES string of the molecule is Cc1csnc1N=C=O. The van der Waals surface area contributed by atoms with Crippen LogP contribution in [-0.4, -0.2) is 10.5 Å². The summed E-state index contributed by atoms with van der Waals surface area (Å²) in [7, 11) is 0. The van der Waals surface area contributed by atoms with E-state index < -0.39 is 0 Å². The van der Waals surface area contributed by atoms with E-state index in [1.54, 1.807) is 0 Å². The van der Waals surface area contributed by atoms with Gasteiger partial charge in [-0.1, -0.05) is 0 Å². The van der Waals surface area contributed by atoms with Gasteiger partial charge in [-0.25, -0.2) is 4.79 Å². The molecule has 0 saturated heterocycles. The molecule has 0 unspecified atom stereocenters. The summed E-state index contributed by atoms with van der Waals surface area (Å²) in [6.45, 7) is 1.85. The lowest BCUT2D eigenvalue weighted by molar-refractivity contribution is 0.565. The van der Waals surface area contributed by atoms with Crippen LogP contribution in [-0.2, 0) is 4.79 Å². The fourth-order valence-corrected chi connectivity index (χ4v) is 1.03. The molecule has 0 aliphatic rings. The third-order valence-corrected chi connectivity index (χ3v) is 1.61. The third kappa shape index (κ3) is 1.22. The summed E-state index contributed by atoms with van der Waals surface area (Å²) in [6.07, 6.45) is 1.43. The first-order valence-electron chi connectivity index (χ1n) is 2.33. The van der Waals surface area contributed by atoms with Crippen LogP contribution in [0.5, 0.6) is 0 Å². The fourth-order valence-electron chi connectivity index (χ4n) is 0.432. The highest BCUT2D eigenvalue weighted by Crippen LogP contribution is 2.16. The standard InChI is InChI=1S/C5H4N2OS/c1-4-2-9-7-5(4)6-3-8/h2H,1H3. The Morgan fingerprint density at radius 2 is 2.67 bits per heavy atom. The number of hydrogen-bond acceptors (Lipinski definition) is 4. The van der Waals surface area contributed by atoms with Crippen LogP contribution in [0.1, 0.15) is 5.56 Å². The number of hydrogen-bond donors (Lipinski definition) is 0.